The van der Waals surface area contributed by atoms with Crippen molar-refractivity contribution in [3.8, 4) is 5.75 Å². The van der Waals surface area contributed by atoms with Crippen molar-refractivity contribution in [2.45, 2.75) is 32.0 Å². The molecule has 0 radical (unpaired) electrons. The van der Waals surface area contributed by atoms with Crippen LogP contribution in [0.4, 0.5) is 5.69 Å². The van der Waals surface area contributed by atoms with Crippen molar-refractivity contribution < 1.29 is 19.1 Å². The van der Waals surface area contributed by atoms with Gasteiger partial charge in [-0.25, -0.2) is 0 Å². The Kier molecular flexibility index (Phi) is 4.41. The van der Waals surface area contributed by atoms with Crippen LogP contribution in [0.2, 0.25) is 0 Å². The Hall–Kier alpha value is -3.19. The molecule has 2 saturated heterocycles. The fourth-order valence-corrected chi connectivity index (χ4v) is 5.39. The Balaban J connectivity index is 1.56. The number of amides is 3. The summed E-state index contributed by atoms with van der Waals surface area (Å²) in [5.74, 6) is -1.34. The van der Waals surface area contributed by atoms with Crippen molar-refractivity contribution >= 4 is 23.4 Å². The van der Waals surface area contributed by atoms with E-state index in [4.69, 9.17) is 4.74 Å². The number of fused-ring (bicyclic) bond motifs is 4. The first-order valence-corrected chi connectivity index (χ1v) is 10.5. The van der Waals surface area contributed by atoms with Crippen LogP contribution in [0.3, 0.4) is 0 Å². The molecule has 0 unspecified atom stereocenters. The number of nitrogens with one attached hydrogen (secondary N) is 2. The highest BCUT2D eigenvalue weighted by Crippen LogP contribution is 2.54. The Bertz CT molecular complexity index is 1080. The van der Waals surface area contributed by atoms with E-state index in [1.807, 2.05) is 62.4 Å². The van der Waals surface area contributed by atoms with Gasteiger partial charge in [0.2, 0.25) is 17.7 Å². The second-order valence-corrected chi connectivity index (χ2v) is 8.84. The van der Waals surface area contributed by atoms with Gasteiger partial charge in [0, 0.05) is 17.3 Å². The second-order valence-electron chi connectivity index (χ2n) is 8.84. The fourth-order valence-electron chi connectivity index (χ4n) is 5.39. The van der Waals surface area contributed by atoms with E-state index >= 15 is 0 Å². The number of rotatable bonds is 4. The number of benzene rings is 2. The molecule has 0 aromatic heterocycles. The van der Waals surface area contributed by atoms with Crippen LogP contribution in [0.5, 0.6) is 5.75 Å². The van der Waals surface area contributed by atoms with E-state index in [-0.39, 0.29) is 36.2 Å². The summed E-state index contributed by atoms with van der Waals surface area (Å²) in [6.45, 7) is 4.20. The molecule has 0 bridgehead atoms. The summed E-state index contributed by atoms with van der Waals surface area (Å²) in [5.41, 5.74) is 1.04. The number of methoxy groups -OCH3 is 1. The van der Waals surface area contributed by atoms with Gasteiger partial charge in [0.1, 0.15) is 11.3 Å². The number of nitrogens with zero attached hydrogens (tertiary/aromatic N) is 1. The predicted octanol–water partition coefficient (Wildman–Crippen LogP) is 2.27. The average Bonchev–Trinajstić information content (AvgIpc) is 3.35. The van der Waals surface area contributed by atoms with Crippen LogP contribution in [-0.4, -0.2) is 35.8 Å². The third-order valence-corrected chi connectivity index (χ3v) is 6.87. The highest BCUT2D eigenvalue weighted by atomic mass is 16.5. The van der Waals surface area contributed by atoms with Crippen LogP contribution >= 0.6 is 0 Å². The molecular formula is C24H25N3O4. The lowest BCUT2D eigenvalue weighted by Crippen LogP contribution is -2.53. The highest BCUT2D eigenvalue weighted by molar-refractivity contribution is 6.15. The maximum absolute atomic E-state index is 13.7. The highest BCUT2D eigenvalue weighted by Gasteiger charge is 2.70. The summed E-state index contributed by atoms with van der Waals surface area (Å²) in [6, 6.07) is 14.4. The van der Waals surface area contributed by atoms with Gasteiger partial charge in [-0.3, -0.25) is 24.6 Å². The molecule has 4 atom stereocenters. The number of anilines is 1. The normalized spacial score (nSPS) is 29.0. The average molecular weight is 419 g/mol. The summed E-state index contributed by atoms with van der Waals surface area (Å²) in [4.78, 5) is 41.8. The van der Waals surface area contributed by atoms with Gasteiger partial charge in [-0.05, 0) is 29.7 Å². The van der Waals surface area contributed by atoms with Gasteiger partial charge in [0.05, 0.1) is 25.5 Å². The number of hydrogen-bond acceptors (Lipinski definition) is 5. The fraction of sp³-hybridized carbons (Fsp3) is 0.375. The molecule has 2 aromatic rings. The summed E-state index contributed by atoms with van der Waals surface area (Å²) in [7, 11) is 1.59. The van der Waals surface area contributed by atoms with Gasteiger partial charge in [-0.15, -0.1) is 0 Å². The topological polar surface area (TPSA) is 87.7 Å². The number of likely N-dealkylation sites (tertiary alicyclic amines) is 1. The SMILES string of the molecule is COc1ccc(CN2C(=O)[C@@H]3[C@@H](C(C)C)N[C@]4(C(=O)Nc5ccccc54)[C@@H]3C2=O)cc1. The van der Waals surface area contributed by atoms with E-state index in [1.54, 1.807) is 7.11 Å². The minimum absolute atomic E-state index is 0.0742. The molecule has 3 amide bonds. The van der Waals surface area contributed by atoms with Crippen molar-refractivity contribution in [3.63, 3.8) is 0 Å². The molecule has 3 aliphatic heterocycles. The Morgan fingerprint density at radius 1 is 1.03 bits per heavy atom. The largest absolute Gasteiger partial charge is 0.497 e. The zero-order valence-corrected chi connectivity index (χ0v) is 17.7. The lowest BCUT2D eigenvalue weighted by atomic mass is 9.76. The van der Waals surface area contributed by atoms with Crippen molar-refractivity contribution in [2.24, 2.45) is 17.8 Å². The summed E-state index contributed by atoms with van der Waals surface area (Å²) in [6.07, 6.45) is 0. The van der Waals surface area contributed by atoms with Crippen LogP contribution in [0.15, 0.2) is 48.5 Å². The lowest BCUT2D eigenvalue weighted by molar-refractivity contribution is -0.143. The van der Waals surface area contributed by atoms with E-state index in [9.17, 15) is 14.4 Å². The quantitative estimate of drug-likeness (QED) is 0.743. The summed E-state index contributed by atoms with van der Waals surface area (Å²) >= 11 is 0. The third kappa shape index (κ3) is 2.66. The number of ether oxygens (including phenoxy) is 1. The zero-order valence-electron chi connectivity index (χ0n) is 17.7. The molecule has 1 spiro atoms. The molecular weight excluding hydrogens is 394 g/mol. The molecule has 0 aliphatic carbocycles. The molecule has 3 heterocycles. The van der Waals surface area contributed by atoms with Gasteiger partial charge in [-0.2, -0.15) is 0 Å². The predicted molar refractivity (Wildman–Crippen MR) is 114 cm³/mol. The Labute approximate surface area is 180 Å². The number of carbonyl (C=O) groups excluding carboxylic acids is 3. The van der Waals surface area contributed by atoms with Crippen LogP contribution < -0.4 is 15.4 Å². The molecule has 2 N–H and O–H groups in total. The van der Waals surface area contributed by atoms with E-state index in [0.717, 1.165) is 11.1 Å². The Morgan fingerprint density at radius 2 is 1.74 bits per heavy atom. The van der Waals surface area contributed by atoms with Gasteiger partial charge in [0.15, 0.2) is 0 Å². The summed E-state index contributed by atoms with van der Waals surface area (Å²) in [5, 5.41) is 6.35. The van der Waals surface area contributed by atoms with Crippen LogP contribution in [0.25, 0.3) is 0 Å². The Morgan fingerprint density at radius 3 is 2.42 bits per heavy atom. The van der Waals surface area contributed by atoms with Crippen molar-refractivity contribution in [3.05, 3.63) is 59.7 Å². The molecule has 160 valence electrons. The minimum Gasteiger partial charge on any atom is -0.497 e. The molecule has 2 fully saturated rings. The molecule has 3 aliphatic rings. The number of hydrogen-bond donors (Lipinski definition) is 2. The number of para-hydroxylation sites is 1. The minimum atomic E-state index is -1.22. The van der Waals surface area contributed by atoms with Gasteiger partial charge in [-0.1, -0.05) is 44.2 Å². The second kappa shape index (κ2) is 6.92. The van der Waals surface area contributed by atoms with Gasteiger partial charge in [0.25, 0.3) is 0 Å². The van der Waals surface area contributed by atoms with Crippen LogP contribution in [0.1, 0.15) is 25.0 Å². The summed E-state index contributed by atoms with van der Waals surface area (Å²) < 4.78 is 5.19. The number of carbonyl (C=O) groups is 3. The van der Waals surface area contributed by atoms with Crippen molar-refractivity contribution in [1.82, 2.24) is 10.2 Å². The standard InChI is InChI=1S/C24H25N3O4/c1-13(2)20-18-19(24(26-20)16-6-4-5-7-17(16)25-23(24)30)22(29)27(21(18)28)12-14-8-10-15(31-3)11-9-14/h4-11,13,18-20,26H,12H2,1-3H3,(H,25,30)/t18-,19-,20+,24-/m0/s1. The van der Waals surface area contributed by atoms with Crippen molar-refractivity contribution in [2.75, 3.05) is 12.4 Å². The third-order valence-electron chi connectivity index (χ3n) is 6.87. The maximum Gasteiger partial charge on any atom is 0.250 e. The molecule has 7 heteroatoms. The van der Waals surface area contributed by atoms with E-state index in [2.05, 4.69) is 10.6 Å². The monoisotopic (exact) mass is 419 g/mol. The van der Waals surface area contributed by atoms with Crippen LogP contribution in [0, 0.1) is 17.8 Å². The first kappa shape index (κ1) is 19.8. The zero-order chi connectivity index (χ0) is 21.9. The van der Waals surface area contributed by atoms with E-state index < -0.39 is 17.4 Å². The van der Waals surface area contributed by atoms with E-state index in [0.29, 0.717) is 11.4 Å². The first-order chi connectivity index (χ1) is 14.9. The van der Waals surface area contributed by atoms with Gasteiger partial charge < -0.3 is 10.1 Å². The molecule has 31 heavy (non-hydrogen) atoms. The molecule has 7 nitrogen and oxygen atoms in total. The lowest BCUT2D eigenvalue weighted by Gasteiger charge is -2.30. The van der Waals surface area contributed by atoms with Crippen molar-refractivity contribution in [1.29, 1.82) is 0 Å². The maximum atomic E-state index is 13.7. The first-order valence-electron chi connectivity index (χ1n) is 10.5. The van der Waals surface area contributed by atoms with Crippen LogP contribution in [-0.2, 0) is 26.5 Å². The van der Waals surface area contributed by atoms with E-state index in [1.165, 1.54) is 4.90 Å². The number of imide groups is 1. The van der Waals surface area contributed by atoms with Gasteiger partial charge >= 0.3 is 0 Å². The molecule has 0 saturated carbocycles. The smallest absolute Gasteiger partial charge is 0.250 e. The molecule has 5 rings (SSSR count). The molecule has 2 aromatic carbocycles.